The molecule has 22 heavy (non-hydrogen) atoms. The van der Waals surface area contributed by atoms with E-state index in [4.69, 9.17) is 5.26 Å². The average Bonchev–Trinajstić information content (AvgIpc) is 3.05. The Labute approximate surface area is 127 Å². The van der Waals surface area contributed by atoms with E-state index in [2.05, 4.69) is 26.5 Å². The summed E-state index contributed by atoms with van der Waals surface area (Å²) < 4.78 is 0. The molecule has 1 fully saturated rings. The number of carbonyl (C=O) groups excluding carboxylic acids is 1. The Balaban J connectivity index is 1.71. The fourth-order valence-corrected chi connectivity index (χ4v) is 2.40. The SMILES string of the molecule is N#CN1CC[C@H](C(=O)Nc2cc(-c3ccncc3)ncn2)C1. The molecule has 0 bridgehead atoms. The monoisotopic (exact) mass is 294 g/mol. The van der Waals surface area contributed by atoms with Gasteiger partial charge in [0.15, 0.2) is 6.19 Å². The summed E-state index contributed by atoms with van der Waals surface area (Å²) in [5, 5.41) is 11.6. The second-order valence-corrected chi connectivity index (χ2v) is 5.05. The van der Waals surface area contributed by atoms with Crippen LogP contribution in [0.15, 0.2) is 36.9 Å². The molecule has 3 rings (SSSR count). The van der Waals surface area contributed by atoms with Crippen molar-refractivity contribution in [3.05, 3.63) is 36.9 Å². The lowest BCUT2D eigenvalue weighted by atomic mass is 10.1. The van der Waals surface area contributed by atoms with Gasteiger partial charge in [0, 0.05) is 37.1 Å². The van der Waals surface area contributed by atoms with Crippen LogP contribution in [0.5, 0.6) is 0 Å². The molecule has 3 heterocycles. The number of rotatable bonds is 3. The number of likely N-dealkylation sites (tertiary alicyclic amines) is 1. The standard InChI is InChI=1S/C15H14N6O/c16-9-21-6-3-12(8-21)15(22)20-14-7-13(18-10-19-14)11-1-4-17-5-2-11/h1-2,4-5,7,10,12H,3,6,8H2,(H,18,19,20,22)/t12-/m0/s1. The molecule has 0 radical (unpaired) electrons. The number of aromatic nitrogens is 3. The van der Waals surface area contributed by atoms with Crippen molar-refractivity contribution in [2.75, 3.05) is 18.4 Å². The first-order chi connectivity index (χ1) is 10.8. The van der Waals surface area contributed by atoms with Crippen LogP contribution in [-0.4, -0.2) is 38.8 Å². The van der Waals surface area contributed by atoms with Crippen LogP contribution < -0.4 is 5.32 Å². The second kappa shape index (κ2) is 6.18. The van der Waals surface area contributed by atoms with E-state index in [0.717, 1.165) is 11.3 Å². The normalized spacial score (nSPS) is 17.0. The molecule has 0 saturated carbocycles. The van der Waals surface area contributed by atoms with E-state index >= 15 is 0 Å². The summed E-state index contributed by atoms with van der Waals surface area (Å²) in [7, 11) is 0. The Bertz CT molecular complexity index is 711. The number of nitriles is 1. The van der Waals surface area contributed by atoms with E-state index in [1.807, 2.05) is 12.1 Å². The lowest BCUT2D eigenvalue weighted by molar-refractivity contribution is -0.119. The zero-order valence-corrected chi connectivity index (χ0v) is 11.8. The number of amides is 1. The molecule has 7 nitrogen and oxygen atoms in total. The van der Waals surface area contributed by atoms with Crippen LogP contribution in [0, 0.1) is 17.4 Å². The van der Waals surface area contributed by atoms with Crippen LogP contribution in [-0.2, 0) is 4.79 Å². The highest BCUT2D eigenvalue weighted by molar-refractivity contribution is 5.92. The van der Waals surface area contributed by atoms with Crippen LogP contribution in [0.4, 0.5) is 5.82 Å². The van der Waals surface area contributed by atoms with E-state index < -0.39 is 0 Å². The van der Waals surface area contributed by atoms with Gasteiger partial charge in [-0.15, -0.1) is 0 Å². The maximum atomic E-state index is 12.2. The summed E-state index contributed by atoms with van der Waals surface area (Å²) >= 11 is 0. The number of carbonyl (C=O) groups is 1. The third kappa shape index (κ3) is 3.01. The van der Waals surface area contributed by atoms with Crippen molar-refractivity contribution in [2.45, 2.75) is 6.42 Å². The molecular weight excluding hydrogens is 280 g/mol. The van der Waals surface area contributed by atoms with Crippen LogP contribution in [0.3, 0.4) is 0 Å². The summed E-state index contributed by atoms with van der Waals surface area (Å²) in [5.41, 5.74) is 1.63. The third-order valence-electron chi connectivity index (χ3n) is 3.59. The first-order valence-corrected chi connectivity index (χ1v) is 6.94. The molecule has 0 unspecified atom stereocenters. The highest BCUT2D eigenvalue weighted by Crippen LogP contribution is 2.20. The highest BCUT2D eigenvalue weighted by Gasteiger charge is 2.28. The van der Waals surface area contributed by atoms with Crippen molar-refractivity contribution in [3.63, 3.8) is 0 Å². The molecule has 0 aromatic carbocycles. The molecular formula is C15H14N6O. The quantitative estimate of drug-likeness (QED) is 0.857. The van der Waals surface area contributed by atoms with Gasteiger partial charge in [-0.05, 0) is 18.6 Å². The number of anilines is 1. The van der Waals surface area contributed by atoms with Crippen molar-refractivity contribution >= 4 is 11.7 Å². The minimum absolute atomic E-state index is 0.114. The minimum atomic E-state index is -0.181. The Hall–Kier alpha value is -3.01. The number of pyridine rings is 1. The maximum Gasteiger partial charge on any atom is 0.230 e. The molecule has 1 saturated heterocycles. The first-order valence-electron chi connectivity index (χ1n) is 6.94. The Morgan fingerprint density at radius 3 is 2.91 bits per heavy atom. The van der Waals surface area contributed by atoms with E-state index in [0.29, 0.717) is 25.3 Å². The number of hydrogen-bond donors (Lipinski definition) is 1. The zero-order valence-electron chi connectivity index (χ0n) is 11.8. The summed E-state index contributed by atoms with van der Waals surface area (Å²) in [6.07, 6.45) is 7.54. The fraction of sp³-hybridized carbons (Fsp3) is 0.267. The van der Waals surface area contributed by atoms with Gasteiger partial charge in [0.2, 0.25) is 5.91 Å². The van der Waals surface area contributed by atoms with Gasteiger partial charge in [-0.1, -0.05) is 0 Å². The summed E-state index contributed by atoms with van der Waals surface area (Å²) in [5.74, 6) is 0.165. The topological polar surface area (TPSA) is 94.8 Å². The van der Waals surface area contributed by atoms with E-state index in [1.165, 1.54) is 6.33 Å². The highest BCUT2D eigenvalue weighted by atomic mass is 16.2. The lowest BCUT2D eigenvalue weighted by Crippen LogP contribution is -2.25. The molecule has 0 spiro atoms. The van der Waals surface area contributed by atoms with Crippen molar-refractivity contribution in [2.24, 2.45) is 5.92 Å². The van der Waals surface area contributed by atoms with Gasteiger partial charge in [-0.25, -0.2) is 9.97 Å². The largest absolute Gasteiger partial charge is 0.310 e. The molecule has 1 amide bonds. The Kier molecular flexibility index (Phi) is 3.92. The zero-order chi connectivity index (χ0) is 15.4. The lowest BCUT2D eigenvalue weighted by Gasteiger charge is -2.10. The van der Waals surface area contributed by atoms with Crippen molar-refractivity contribution in [3.8, 4) is 17.5 Å². The maximum absolute atomic E-state index is 12.2. The first kappa shape index (κ1) is 13.9. The van der Waals surface area contributed by atoms with Crippen LogP contribution in [0.1, 0.15) is 6.42 Å². The summed E-state index contributed by atoms with van der Waals surface area (Å²) in [6, 6.07) is 5.41. The third-order valence-corrected chi connectivity index (χ3v) is 3.59. The van der Waals surface area contributed by atoms with E-state index in [1.54, 1.807) is 23.4 Å². The summed E-state index contributed by atoms with van der Waals surface area (Å²) in [4.78, 5) is 26.0. The van der Waals surface area contributed by atoms with Crippen molar-refractivity contribution in [1.29, 1.82) is 5.26 Å². The predicted octanol–water partition coefficient (Wildman–Crippen LogP) is 1.28. The van der Waals surface area contributed by atoms with E-state index in [9.17, 15) is 4.79 Å². The molecule has 1 aliphatic rings. The Morgan fingerprint density at radius 2 is 2.18 bits per heavy atom. The molecule has 0 aliphatic carbocycles. The van der Waals surface area contributed by atoms with Gasteiger partial charge in [-0.3, -0.25) is 9.78 Å². The minimum Gasteiger partial charge on any atom is -0.310 e. The second-order valence-electron chi connectivity index (χ2n) is 5.05. The van der Waals surface area contributed by atoms with E-state index in [-0.39, 0.29) is 11.8 Å². The average molecular weight is 294 g/mol. The number of hydrogen-bond acceptors (Lipinski definition) is 6. The van der Waals surface area contributed by atoms with Crippen LogP contribution in [0.25, 0.3) is 11.3 Å². The molecule has 110 valence electrons. The Morgan fingerprint density at radius 1 is 1.36 bits per heavy atom. The molecule has 7 heteroatoms. The van der Waals surface area contributed by atoms with Crippen LogP contribution in [0.2, 0.25) is 0 Å². The fourth-order valence-electron chi connectivity index (χ4n) is 2.40. The molecule has 1 atom stereocenters. The van der Waals surface area contributed by atoms with Crippen molar-refractivity contribution < 1.29 is 4.79 Å². The van der Waals surface area contributed by atoms with Gasteiger partial charge in [0.1, 0.15) is 12.1 Å². The van der Waals surface area contributed by atoms with Gasteiger partial charge in [0.25, 0.3) is 0 Å². The molecule has 1 aliphatic heterocycles. The number of nitrogens with zero attached hydrogens (tertiary/aromatic N) is 5. The smallest absolute Gasteiger partial charge is 0.230 e. The van der Waals surface area contributed by atoms with Gasteiger partial charge < -0.3 is 10.2 Å². The van der Waals surface area contributed by atoms with Gasteiger partial charge >= 0.3 is 0 Å². The molecule has 2 aromatic rings. The van der Waals surface area contributed by atoms with Gasteiger partial charge in [0.05, 0.1) is 11.6 Å². The van der Waals surface area contributed by atoms with Crippen LogP contribution >= 0.6 is 0 Å². The summed E-state index contributed by atoms with van der Waals surface area (Å²) in [6.45, 7) is 1.09. The number of nitrogens with one attached hydrogen (secondary N) is 1. The molecule has 1 N–H and O–H groups in total. The molecule has 2 aromatic heterocycles. The van der Waals surface area contributed by atoms with Crippen molar-refractivity contribution in [1.82, 2.24) is 19.9 Å². The van der Waals surface area contributed by atoms with Gasteiger partial charge in [-0.2, -0.15) is 5.26 Å². The predicted molar refractivity (Wildman–Crippen MR) is 79.2 cm³/mol.